The number of para-hydroxylation sites is 1. The molecule has 4 nitrogen and oxygen atoms in total. The summed E-state index contributed by atoms with van der Waals surface area (Å²) in [5, 5.41) is 4.20. The molecule has 0 aliphatic heterocycles. The van der Waals surface area contributed by atoms with E-state index in [4.69, 9.17) is 0 Å². The van der Waals surface area contributed by atoms with Crippen LogP contribution in [0.5, 0.6) is 0 Å². The van der Waals surface area contributed by atoms with Crippen molar-refractivity contribution in [2.75, 3.05) is 0 Å². The van der Waals surface area contributed by atoms with Crippen molar-refractivity contribution >= 4 is 5.78 Å². The molecule has 0 amide bonds. The van der Waals surface area contributed by atoms with Gasteiger partial charge in [0.25, 0.3) is 0 Å². The van der Waals surface area contributed by atoms with Gasteiger partial charge in [-0.1, -0.05) is 25.1 Å². The van der Waals surface area contributed by atoms with Crippen molar-refractivity contribution in [3.8, 4) is 5.69 Å². The number of hydrogen-bond acceptors (Lipinski definition) is 3. The van der Waals surface area contributed by atoms with Gasteiger partial charge in [0.2, 0.25) is 5.43 Å². The van der Waals surface area contributed by atoms with Crippen molar-refractivity contribution in [2.45, 2.75) is 27.2 Å². The minimum Gasteiger partial charge on any atom is -0.293 e. The summed E-state index contributed by atoms with van der Waals surface area (Å²) >= 11 is 0. The van der Waals surface area contributed by atoms with E-state index in [1.54, 1.807) is 4.68 Å². The third kappa shape index (κ3) is 2.47. The molecule has 0 aliphatic rings. The predicted molar refractivity (Wildman–Crippen MR) is 74.0 cm³/mol. The molecule has 0 unspecified atom stereocenters. The van der Waals surface area contributed by atoms with Crippen LogP contribution in [0.1, 0.15) is 35.6 Å². The van der Waals surface area contributed by atoms with Gasteiger partial charge in [0, 0.05) is 18.7 Å². The van der Waals surface area contributed by atoms with Gasteiger partial charge in [0.05, 0.1) is 5.69 Å². The van der Waals surface area contributed by atoms with Crippen LogP contribution in [0.3, 0.4) is 0 Å². The minimum absolute atomic E-state index is 0.0171. The Morgan fingerprint density at radius 3 is 2.63 bits per heavy atom. The van der Waals surface area contributed by atoms with E-state index in [1.807, 2.05) is 31.2 Å². The summed E-state index contributed by atoms with van der Waals surface area (Å²) in [6, 6.07) is 9.29. The fourth-order valence-electron chi connectivity index (χ4n) is 2.05. The van der Waals surface area contributed by atoms with Gasteiger partial charge in [0.15, 0.2) is 11.5 Å². The fraction of sp³-hybridized carbons (Fsp3) is 0.267. The second-order valence-corrected chi connectivity index (χ2v) is 4.45. The highest BCUT2D eigenvalue weighted by Crippen LogP contribution is 2.15. The van der Waals surface area contributed by atoms with Gasteiger partial charge in [-0.25, -0.2) is 4.68 Å². The zero-order chi connectivity index (χ0) is 14.0. The van der Waals surface area contributed by atoms with Crippen molar-refractivity contribution in [1.29, 1.82) is 0 Å². The van der Waals surface area contributed by atoms with Gasteiger partial charge in [-0.2, -0.15) is 5.10 Å². The van der Waals surface area contributed by atoms with E-state index >= 15 is 0 Å². The number of Topliss-reactive ketones (excluding diaryl/α,β-unsaturated/α-hetero) is 1. The number of carbonyl (C=O) groups is 1. The first-order valence-electron chi connectivity index (χ1n) is 6.24. The zero-order valence-electron chi connectivity index (χ0n) is 11.3. The molecule has 98 valence electrons. The smallest absolute Gasteiger partial charge is 0.211 e. The lowest BCUT2D eigenvalue weighted by Gasteiger charge is -2.13. The Morgan fingerprint density at radius 1 is 1.32 bits per heavy atom. The van der Waals surface area contributed by atoms with E-state index in [0.717, 1.165) is 23.4 Å². The topological polar surface area (TPSA) is 52.0 Å². The van der Waals surface area contributed by atoms with Crippen molar-refractivity contribution in [2.24, 2.45) is 0 Å². The molecule has 1 aromatic carbocycles. The molecular weight excluding hydrogens is 240 g/mol. The van der Waals surface area contributed by atoms with Crippen LogP contribution in [0, 0.1) is 6.92 Å². The molecule has 0 radical (unpaired) electrons. The molecule has 0 bridgehead atoms. The Labute approximate surface area is 111 Å². The van der Waals surface area contributed by atoms with Gasteiger partial charge in [-0.05, 0) is 25.0 Å². The first kappa shape index (κ1) is 13.2. The van der Waals surface area contributed by atoms with Crippen molar-refractivity contribution in [1.82, 2.24) is 9.78 Å². The number of benzene rings is 1. The Morgan fingerprint density at radius 2 is 2.00 bits per heavy atom. The number of aromatic nitrogens is 2. The summed E-state index contributed by atoms with van der Waals surface area (Å²) in [5.41, 5.74) is 2.41. The first-order valence-corrected chi connectivity index (χ1v) is 6.24. The lowest BCUT2D eigenvalue weighted by molar-refractivity contribution is 0.101. The number of nitrogens with zero attached hydrogens (tertiary/aromatic N) is 2. The van der Waals surface area contributed by atoms with Gasteiger partial charge < -0.3 is 0 Å². The average Bonchev–Trinajstić information content (AvgIpc) is 2.38. The monoisotopic (exact) mass is 256 g/mol. The van der Waals surface area contributed by atoms with Gasteiger partial charge in [-0.15, -0.1) is 0 Å². The highest BCUT2D eigenvalue weighted by Gasteiger charge is 2.12. The number of carbonyl (C=O) groups excluding carboxylic acids is 1. The summed E-state index contributed by atoms with van der Waals surface area (Å²) in [4.78, 5) is 23.2. The van der Waals surface area contributed by atoms with Crippen LogP contribution in [0.15, 0.2) is 35.1 Å². The molecular formula is C15H16N2O2. The zero-order valence-corrected chi connectivity index (χ0v) is 11.3. The fourth-order valence-corrected chi connectivity index (χ4v) is 2.05. The third-order valence-corrected chi connectivity index (χ3v) is 3.04. The lowest BCUT2D eigenvalue weighted by Crippen LogP contribution is -2.22. The molecule has 0 aliphatic carbocycles. The van der Waals surface area contributed by atoms with Crippen LogP contribution in [0.2, 0.25) is 0 Å². The normalized spacial score (nSPS) is 10.5. The number of rotatable bonds is 3. The molecule has 19 heavy (non-hydrogen) atoms. The van der Waals surface area contributed by atoms with Crippen LogP contribution in [0.4, 0.5) is 0 Å². The summed E-state index contributed by atoms with van der Waals surface area (Å²) in [6.45, 7) is 5.22. The number of aryl methyl sites for hydroxylation is 2. The van der Waals surface area contributed by atoms with E-state index in [9.17, 15) is 9.59 Å². The maximum Gasteiger partial charge on any atom is 0.211 e. The van der Waals surface area contributed by atoms with Crippen molar-refractivity contribution < 1.29 is 4.79 Å². The Hall–Kier alpha value is -2.23. The summed E-state index contributed by atoms with van der Waals surface area (Å²) < 4.78 is 1.66. The van der Waals surface area contributed by atoms with Crippen molar-refractivity contribution in [3.05, 3.63) is 57.5 Å². The van der Waals surface area contributed by atoms with Gasteiger partial charge in [0.1, 0.15) is 0 Å². The highest BCUT2D eigenvalue weighted by atomic mass is 16.1. The third-order valence-electron chi connectivity index (χ3n) is 3.04. The second-order valence-electron chi connectivity index (χ2n) is 4.45. The van der Waals surface area contributed by atoms with E-state index in [-0.39, 0.29) is 16.9 Å². The van der Waals surface area contributed by atoms with Gasteiger partial charge in [-0.3, -0.25) is 9.59 Å². The quantitative estimate of drug-likeness (QED) is 0.792. The predicted octanol–water partition coefficient (Wildman–Crippen LogP) is 2.31. The molecule has 0 saturated carbocycles. The maximum absolute atomic E-state index is 11.7. The molecule has 0 N–H and O–H groups in total. The Bertz CT molecular complexity index is 687. The average molecular weight is 256 g/mol. The molecule has 0 fully saturated rings. The Balaban J connectivity index is 2.72. The molecule has 0 atom stereocenters. The summed E-state index contributed by atoms with van der Waals surface area (Å²) in [6.07, 6.45) is 0.860. The summed E-state index contributed by atoms with van der Waals surface area (Å²) in [7, 11) is 0. The molecule has 1 aromatic heterocycles. The highest BCUT2D eigenvalue weighted by molar-refractivity contribution is 5.91. The first-order chi connectivity index (χ1) is 9.04. The lowest BCUT2D eigenvalue weighted by atomic mass is 10.1. The van der Waals surface area contributed by atoms with Crippen LogP contribution in [0.25, 0.3) is 5.69 Å². The SMILES string of the molecule is CCc1ccccc1-n1nc(C(C)=O)c(=O)cc1C. The van der Waals surface area contributed by atoms with Crippen LogP contribution < -0.4 is 5.43 Å². The van der Waals surface area contributed by atoms with Crippen molar-refractivity contribution in [3.63, 3.8) is 0 Å². The standard InChI is InChI=1S/C15H16N2O2/c1-4-12-7-5-6-8-13(12)17-10(2)9-14(19)15(16-17)11(3)18/h5-9H,4H2,1-3H3. The molecule has 0 saturated heterocycles. The van der Waals surface area contributed by atoms with E-state index in [2.05, 4.69) is 12.0 Å². The maximum atomic E-state index is 11.7. The summed E-state index contributed by atoms with van der Waals surface area (Å²) in [5.74, 6) is -0.312. The van der Waals surface area contributed by atoms with E-state index < -0.39 is 0 Å². The molecule has 1 heterocycles. The van der Waals surface area contributed by atoms with Crippen LogP contribution >= 0.6 is 0 Å². The number of ketones is 1. The van der Waals surface area contributed by atoms with E-state index in [0.29, 0.717) is 0 Å². The largest absolute Gasteiger partial charge is 0.293 e. The van der Waals surface area contributed by atoms with Gasteiger partial charge >= 0.3 is 0 Å². The second kappa shape index (κ2) is 5.18. The molecule has 4 heteroatoms. The van der Waals surface area contributed by atoms with E-state index in [1.165, 1.54) is 13.0 Å². The minimum atomic E-state index is -0.324. The van der Waals surface area contributed by atoms with Crippen LogP contribution in [-0.4, -0.2) is 15.6 Å². The molecule has 2 aromatic rings. The molecule has 0 spiro atoms. The van der Waals surface area contributed by atoms with Crippen LogP contribution in [-0.2, 0) is 6.42 Å². The number of hydrogen-bond donors (Lipinski definition) is 0. The molecule has 2 rings (SSSR count). The Kier molecular flexibility index (Phi) is 3.60.